The summed E-state index contributed by atoms with van der Waals surface area (Å²) in [5.41, 5.74) is 0. The van der Waals surface area contributed by atoms with Crippen LogP contribution in [0.1, 0.15) is 13.8 Å². The van der Waals surface area contributed by atoms with E-state index in [2.05, 4.69) is 26.5 Å². The van der Waals surface area contributed by atoms with Crippen molar-refractivity contribution in [2.24, 2.45) is 0 Å². The minimum absolute atomic E-state index is 0.315. The summed E-state index contributed by atoms with van der Waals surface area (Å²) in [6, 6.07) is 0.315. The summed E-state index contributed by atoms with van der Waals surface area (Å²) in [6.07, 6.45) is 0. The largest absolute Gasteiger partial charge is 0.383 e. The molecule has 0 fully saturated rings. The fraction of sp³-hybridized carbons (Fsp3) is 0.857. The fourth-order valence-corrected chi connectivity index (χ4v) is 1.61. The van der Waals surface area contributed by atoms with E-state index < -0.39 is 0 Å². The maximum absolute atomic E-state index is 5.00. The molecule has 11 heavy (non-hydrogen) atoms. The van der Waals surface area contributed by atoms with Gasteiger partial charge in [-0.3, -0.25) is 0 Å². The van der Waals surface area contributed by atoms with E-state index in [4.69, 9.17) is 17.0 Å². The Bertz CT molecular complexity index is 130. The Morgan fingerprint density at radius 3 is 2.55 bits per heavy atom. The van der Waals surface area contributed by atoms with Gasteiger partial charge in [0, 0.05) is 13.7 Å². The second-order valence-corrected chi connectivity index (χ2v) is 3.49. The zero-order chi connectivity index (χ0) is 8.85. The molecule has 0 radical (unpaired) electrons. The van der Waals surface area contributed by atoms with Gasteiger partial charge in [-0.05, 0) is 13.8 Å². The predicted molar refractivity (Wildman–Crippen MR) is 55.3 cm³/mol. The minimum atomic E-state index is 0.315. The molecule has 0 heterocycles. The summed E-state index contributed by atoms with van der Waals surface area (Å²) in [5.74, 6) is 0. The fourth-order valence-electron chi connectivity index (χ4n) is 0.967. The van der Waals surface area contributed by atoms with Crippen molar-refractivity contribution in [3.63, 3.8) is 0 Å². The number of hydrogen-bond donors (Lipinski definition) is 1. The quantitative estimate of drug-likeness (QED) is 0.538. The molecule has 0 rings (SSSR count). The van der Waals surface area contributed by atoms with Gasteiger partial charge in [0.1, 0.15) is 4.32 Å². The van der Waals surface area contributed by atoms with Crippen LogP contribution in [0.5, 0.6) is 0 Å². The SMILES string of the molecule is CCN(C(=S)S)[C@H](C)COC. The van der Waals surface area contributed by atoms with Crippen molar-refractivity contribution in [2.75, 3.05) is 20.3 Å². The van der Waals surface area contributed by atoms with Crippen LogP contribution in [0.2, 0.25) is 0 Å². The minimum Gasteiger partial charge on any atom is -0.383 e. The van der Waals surface area contributed by atoms with E-state index in [0.29, 0.717) is 17.0 Å². The number of ether oxygens (including phenoxy) is 1. The molecule has 0 aromatic rings. The van der Waals surface area contributed by atoms with E-state index in [1.54, 1.807) is 7.11 Å². The summed E-state index contributed by atoms with van der Waals surface area (Å²) in [5, 5.41) is 0. The van der Waals surface area contributed by atoms with Gasteiger partial charge in [0.25, 0.3) is 0 Å². The monoisotopic (exact) mass is 193 g/mol. The first-order valence-corrected chi connectivity index (χ1v) is 4.47. The number of likely N-dealkylation sites (N-methyl/N-ethyl adjacent to an activating group) is 1. The Morgan fingerprint density at radius 1 is 1.73 bits per heavy atom. The van der Waals surface area contributed by atoms with E-state index in [1.165, 1.54) is 0 Å². The normalized spacial score (nSPS) is 12.7. The molecule has 0 aliphatic carbocycles. The van der Waals surface area contributed by atoms with Crippen LogP contribution >= 0.6 is 24.8 Å². The predicted octanol–water partition coefficient (Wildman–Crippen LogP) is 1.56. The molecule has 0 aromatic heterocycles. The van der Waals surface area contributed by atoms with Crippen molar-refractivity contribution in [2.45, 2.75) is 19.9 Å². The van der Waals surface area contributed by atoms with Gasteiger partial charge >= 0.3 is 0 Å². The lowest BCUT2D eigenvalue weighted by atomic mass is 10.3. The molecule has 4 heteroatoms. The highest BCUT2D eigenvalue weighted by atomic mass is 32.1. The topological polar surface area (TPSA) is 12.5 Å². The molecule has 0 aliphatic heterocycles. The van der Waals surface area contributed by atoms with Gasteiger partial charge in [-0.25, -0.2) is 0 Å². The number of thiocarbonyl (C=S) groups is 1. The van der Waals surface area contributed by atoms with Gasteiger partial charge in [0.15, 0.2) is 0 Å². The number of hydrogen-bond acceptors (Lipinski definition) is 2. The molecule has 0 bridgehead atoms. The molecule has 0 saturated heterocycles. The number of rotatable bonds is 4. The van der Waals surface area contributed by atoms with Gasteiger partial charge in [0.2, 0.25) is 0 Å². The number of methoxy groups -OCH3 is 1. The van der Waals surface area contributed by atoms with Crippen LogP contribution in [0.3, 0.4) is 0 Å². The Labute approximate surface area is 79.3 Å². The van der Waals surface area contributed by atoms with Crippen LogP contribution in [0.15, 0.2) is 0 Å². The average Bonchev–Trinajstić information content (AvgIpc) is 1.88. The smallest absolute Gasteiger partial charge is 0.133 e. The Morgan fingerprint density at radius 2 is 2.27 bits per heavy atom. The molecular weight excluding hydrogens is 178 g/mol. The summed E-state index contributed by atoms with van der Waals surface area (Å²) in [7, 11) is 1.69. The molecule has 2 nitrogen and oxygen atoms in total. The molecule has 0 aromatic carbocycles. The lowest BCUT2D eigenvalue weighted by Crippen LogP contribution is -2.37. The summed E-state index contributed by atoms with van der Waals surface area (Å²) < 4.78 is 5.64. The van der Waals surface area contributed by atoms with Crippen molar-refractivity contribution >= 4 is 29.2 Å². The van der Waals surface area contributed by atoms with Crippen molar-refractivity contribution in [1.29, 1.82) is 0 Å². The van der Waals surface area contributed by atoms with Crippen molar-refractivity contribution in [3.8, 4) is 0 Å². The van der Waals surface area contributed by atoms with E-state index in [0.717, 1.165) is 6.54 Å². The molecule has 0 N–H and O–H groups in total. The van der Waals surface area contributed by atoms with Gasteiger partial charge < -0.3 is 9.64 Å². The second kappa shape index (κ2) is 5.80. The zero-order valence-electron chi connectivity index (χ0n) is 7.20. The number of thiol groups is 1. The molecular formula is C7H15NOS2. The first kappa shape index (κ1) is 11.2. The second-order valence-electron chi connectivity index (χ2n) is 2.37. The van der Waals surface area contributed by atoms with E-state index in [-0.39, 0.29) is 0 Å². The maximum atomic E-state index is 5.00. The standard InChI is InChI=1S/C7H15NOS2/c1-4-8(7(10)11)6(2)5-9-3/h6H,4-5H2,1-3H3,(H,10,11)/t6-/m1/s1. The van der Waals surface area contributed by atoms with Crippen molar-refractivity contribution in [3.05, 3.63) is 0 Å². The summed E-state index contributed by atoms with van der Waals surface area (Å²) >= 11 is 9.05. The third-order valence-corrected chi connectivity index (χ3v) is 2.02. The molecule has 1 atom stereocenters. The van der Waals surface area contributed by atoms with Gasteiger partial charge in [-0.1, -0.05) is 12.2 Å². The van der Waals surface area contributed by atoms with Crippen molar-refractivity contribution in [1.82, 2.24) is 4.90 Å². The Hall–Kier alpha value is 0.200. The van der Waals surface area contributed by atoms with Gasteiger partial charge in [-0.2, -0.15) is 0 Å². The summed E-state index contributed by atoms with van der Waals surface area (Å²) in [4.78, 5) is 2.02. The molecule has 0 spiro atoms. The van der Waals surface area contributed by atoms with Crippen LogP contribution in [-0.4, -0.2) is 35.5 Å². The highest BCUT2D eigenvalue weighted by Crippen LogP contribution is 2.03. The third-order valence-electron chi connectivity index (χ3n) is 1.53. The lowest BCUT2D eigenvalue weighted by Gasteiger charge is -2.27. The molecule has 0 saturated carbocycles. The van der Waals surface area contributed by atoms with Crippen LogP contribution in [-0.2, 0) is 4.74 Å². The van der Waals surface area contributed by atoms with E-state index in [1.807, 2.05) is 4.90 Å². The van der Waals surface area contributed by atoms with Crippen LogP contribution in [0.25, 0.3) is 0 Å². The first-order chi connectivity index (χ1) is 5.13. The summed E-state index contributed by atoms with van der Waals surface area (Å²) in [6.45, 7) is 5.69. The zero-order valence-corrected chi connectivity index (χ0v) is 8.91. The Kier molecular flexibility index (Phi) is 5.91. The highest BCUT2D eigenvalue weighted by molar-refractivity contribution is 8.10. The molecule has 0 aliphatic rings. The lowest BCUT2D eigenvalue weighted by molar-refractivity contribution is 0.140. The maximum Gasteiger partial charge on any atom is 0.133 e. The van der Waals surface area contributed by atoms with Crippen molar-refractivity contribution < 1.29 is 4.74 Å². The Balaban J connectivity index is 3.91. The van der Waals surface area contributed by atoms with Crippen LogP contribution in [0, 0.1) is 0 Å². The van der Waals surface area contributed by atoms with Gasteiger partial charge in [0.05, 0.1) is 12.6 Å². The van der Waals surface area contributed by atoms with Crippen LogP contribution < -0.4 is 0 Å². The third kappa shape index (κ3) is 3.94. The molecule has 0 unspecified atom stereocenters. The molecule has 0 amide bonds. The van der Waals surface area contributed by atoms with E-state index in [9.17, 15) is 0 Å². The van der Waals surface area contributed by atoms with E-state index >= 15 is 0 Å². The van der Waals surface area contributed by atoms with Gasteiger partial charge in [-0.15, -0.1) is 12.6 Å². The average molecular weight is 193 g/mol. The first-order valence-electron chi connectivity index (χ1n) is 3.62. The number of nitrogens with zero attached hydrogens (tertiary/aromatic N) is 1. The van der Waals surface area contributed by atoms with Crippen LogP contribution in [0.4, 0.5) is 0 Å². The molecule has 66 valence electrons. The highest BCUT2D eigenvalue weighted by Gasteiger charge is 2.11.